The highest BCUT2D eigenvalue weighted by molar-refractivity contribution is 5.29. The van der Waals surface area contributed by atoms with E-state index in [2.05, 4.69) is 15.5 Å². The van der Waals surface area contributed by atoms with Gasteiger partial charge in [0.1, 0.15) is 5.75 Å². The Hall–Kier alpha value is -2.08. The number of anilines is 1. The van der Waals surface area contributed by atoms with Gasteiger partial charge in [-0.1, -0.05) is 17.3 Å². The average molecular weight is 263 g/mol. The number of hydrogen-bond donors (Lipinski definition) is 1. The zero-order valence-electron chi connectivity index (χ0n) is 11.0. The second-order valence-corrected chi connectivity index (χ2v) is 3.96. The minimum Gasteiger partial charge on any atom is -0.497 e. The molecular formula is C13H17N3O3. The van der Waals surface area contributed by atoms with E-state index < -0.39 is 0 Å². The Kier molecular flexibility index (Phi) is 4.74. The Labute approximate surface area is 111 Å². The molecule has 1 heterocycles. The van der Waals surface area contributed by atoms with Crippen LogP contribution in [0, 0.1) is 0 Å². The number of nitrogens with zero attached hydrogens (tertiary/aromatic N) is 2. The van der Waals surface area contributed by atoms with Gasteiger partial charge in [-0.25, -0.2) is 0 Å². The van der Waals surface area contributed by atoms with E-state index in [1.54, 1.807) is 14.2 Å². The van der Waals surface area contributed by atoms with Crippen LogP contribution in [-0.2, 0) is 11.2 Å². The molecule has 1 aromatic carbocycles. The van der Waals surface area contributed by atoms with Crippen LogP contribution in [0.4, 0.5) is 6.01 Å². The minimum absolute atomic E-state index is 0.417. The van der Waals surface area contributed by atoms with Crippen LogP contribution in [-0.4, -0.2) is 37.5 Å². The van der Waals surface area contributed by atoms with Crippen LogP contribution in [0.1, 0.15) is 11.4 Å². The molecule has 0 aliphatic carbocycles. The zero-order chi connectivity index (χ0) is 13.5. The van der Waals surface area contributed by atoms with E-state index in [0.717, 1.165) is 11.3 Å². The molecule has 0 spiro atoms. The SMILES string of the molecule is COCCNc1nc(Cc2ccc(OC)cc2)no1. The van der Waals surface area contributed by atoms with Crippen LogP contribution in [0.5, 0.6) is 5.75 Å². The Morgan fingerprint density at radius 1 is 1.21 bits per heavy atom. The molecule has 0 radical (unpaired) electrons. The third-order valence-corrected chi connectivity index (χ3v) is 2.57. The lowest BCUT2D eigenvalue weighted by atomic mass is 10.1. The van der Waals surface area contributed by atoms with Crippen LogP contribution in [0.25, 0.3) is 0 Å². The number of nitrogens with one attached hydrogen (secondary N) is 1. The maximum Gasteiger partial charge on any atom is 0.321 e. The fourth-order valence-corrected chi connectivity index (χ4v) is 1.58. The topological polar surface area (TPSA) is 69.4 Å². The predicted molar refractivity (Wildman–Crippen MR) is 70.5 cm³/mol. The van der Waals surface area contributed by atoms with Crippen LogP contribution in [0.2, 0.25) is 0 Å². The van der Waals surface area contributed by atoms with E-state index in [0.29, 0.717) is 31.4 Å². The Morgan fingerprint density at radius 3 is 2.68 bits per heavy atom. The highest BCUT2D eigenvalue weighted by atomic mass is 16.5. The van der Waals surface area contributed by atoms with Crippen molar-refractivity contribution < 1.29 is 14.0 Å². The van der Waals surface area contributed by atoms with Crippen LogP contribution in [0.3, 0.4) is 0 Å². The van der Waals surface area contributed by atoms with Crippen LogP contribution < -0.4 is 10.1 Å². The molecule has 0 fully saturated rings. The van der Waals surface area contributed by atoms with Gasteiger partial charge < -0.3 is 19.3 Å². The summed E-state index contributed by atoms with van der Waals surface area (Å²) < 4.78 is 15.1. The minimum atomic E-state index is 0.417. The van der Waals surface area contributed by atoms with Crippen molar-refractivity contribution in [3.8, 4) is 5.75 Å². The van der Waals surface area contributed by atoms with Gasteiger partial charge in [-0.05, 0) is 17.7 Å². The van der Waals surface area contributed by atoms with Gasteiger partial charge in [-0.2, -0.15) is 4.98 Å². The van der Waals surface area contributed by atoms with Crippen molar-refractivity contribution >= 4 is 6.01 Å². The smallest absolute Gasteiger partial charge is 0.321 e. The fourth-order valence-electron chi connectivity index (χ4n) is 1.58. The van der Waals surface area contributed by atoms with Crippen molar-refractivity contribution in [3.63, 3.8) is 0 Å². The first-order chi connectivity index (χ1) is 9.31. The number of methoxy groups -OCH3 is 2. The van der Waals surface area contributed by atoms with Crippen LogP contribution in [0.15, 0.2) is 28.8 Å². The summed E-state index contributed by atoms with van der Waals surface area (Å²) in [4.78, 5) is 4.24. The molecule has 0 unspecified atom stereocenters. The molecule has 19 heavy (non-hydrogen) atoms. The van der Waals surface area contributed by atoms with Crippen LogP contribution >= 0.6 is 0 Å². The Bertz CT molecular complexity index is 496. The van der Waals surface area contributed by atoms with Crippen molar-refractivity contribution in [2.45, 2.75) is 6.42 Å². The van der Waals surface area contributed by atoms with Crippen molar-refractivity contribution in [3.05, 3.63) is 35.7 Å². The molecule has 2 rings (SSSR count). The van der Waals surface area contributed by atoms with E-state index in [1.807, 2.05) is 24.3 Å². The number of hydrogen-bond acceptors (Lipinski definition) is 6. The summed E-state index contributed by atoms with van der Waals surface area (Å²) in [6, 6.07) is 8.20. The molecule has 0 aliphatic heterocycles. The maximum atomic E-state index is 5.11. The number of benzene rings is 1. The van der Waals surface area contributed by atoms with Gasteiger partial charge in [0.2, 0.25) is 0 Å². The second-order valence-electron chi connectivity index (χ2n) is 3.96. The Morgan fingerprint density at radius 2 is 2.00 bits per heavy atom. The normalized spacial score (nSPS) is 10.4. The van der Waals surface area contributed by atoms with E-state index in [-0.39, 0.29) is 0 Å². The predicted octanol–water partition coefficient (Wildman–Crippen LogP) is 1.73. The molecule has 0 aliphatic rings. The average Bonchev–Trinajstić information content (AvgIpc) is 2.88. The maximum absolute atomic E-state index is 5.11. The number of rotatable bonds is 7. The number of ether oxygens (including phenoxy) is 2. The summed E-state index contributed by atoms with van der Waals surface area (Å²) in [5.41, 5.74) is 1.10. The largest absolute Gasteiger partial charge is 0.497 e. The highest BCUT2D eigenvalue weighted by Gasteiger charge is 2.06. The van der Waals surface area contributed by atoms with E-state index in [9.17, 15) is 0 Å². The molecule has 0 saturated carbocycles. The zero-order valence-corrected chi connectivity index (χ0v) is 11.0. The summed E-state index contributed by atoms with van der Waals surface area (Å²) in [6.45, 7) is 1.23. The summed E-state index contributed by atoms with van der Waals surface area (Å²) in [7, 11) is 3.29. The molecule has 0 atom stereocenters. The molecule has 1 N–H and O–H groups in total. The van der Waals surface area contributed by atoms with Gasteiger partial charge in [0.05, 0.1) is 13.7 Å². The first kappa shape index (κ1) is 13.4. The van der Waals surface area contributed by atoms with Gasteiger partial charge in [0.25, 0.3) is 0 Å². The van der Waals surface area contributed by atoms with Gasteiger partial charge in [0, 0.05) is 20.1 Å². The molecule has 0 saturated heterocycles. The molecule has 1 aromatic heterocycles. The fraction of sp³-hybridized carbons (Fsp3) is 0.385. The van der Waals surface area contributed by atoms with E-state index >= 15 is 0 Å². The van der Waals surface area contributed by atoms with Gasteiger partial charge in [-0.3, -0.25) is 0 Å². The second kappa shape index (κ2) is 6.75. The third kappa shape index (κ3) is 3.96. The third-order valence-electron chi connectivity index (χ3n) is 2.57. The summed E-state index contributed by atoms with van der Waals surface area (Å²) in [5.74, 6) is 1.48. The van der Waals surface area contributed by atoms with E-state index in [4.69, 9.17) is 14.0 Å². The molecule has 0 bridgehead atoms. The van der Waals surface area contributed by atoms with Gasteiger partial charge in [-0.15, -0.1) is 0 Å². The lowest BCUT2D eigenvalue weighted by Crippen LogP contribution is -2.07. The molecule has 0 amide bonds. The molecule has 2 aromatic rings. The van der Waals surface area contributed by atoms with E-state index in [1.165, 1.54) is 0 Å². The lowest BCUT2D eigenvalue weighted by molar-refractivity contribution is 0.210. The summed E-state index contributed by atoms with van der Waals surface area (Å²) in [5, 5.41) is 6.90. The van der Waals surface area contributed by atoms with Crippen molar-refractivity contribution in [2.24, 2.45) is 0 Å². The monoisotopic (exact) mass is 263 g/mol. The van der Waals surface area contributed by atoms with Gasteiger partial charge >= 0.3 is 6.01 Å². The lowest BCUT2D eigenvalue weighted by Gasteiger charge is -2.00. The molecule has 6 heteroatoms. The first-order valence-electron chi connectivity index (χ1n) is 6.00. The molecule has 102 valence electrons. The summed E-state index contributed by atoms with van der Waals surface area (Å²) in [6.07, 6.45) is 0.624. The molecular weight excluding hydrogens is 246 g/mol. The summed E-state index contributed by atoms with van der Waals surface area (Å²) >= 11 is 0. The van der Waals surface area contributed by atoms with Crippen molar-refractivity contribution in [1.82, 2.24) is 10.1 Å². The van der Waals surface area contributed by atoms with Crippen molar-refractivity contribution in [2.75, 3.05) is 32.7 Å². The quantitative estimate of drug-likeness (QED) is 0.767. The Balaban J connectivity index is 1.91. The number of aromatic nitrogens is 2. The first-order valence-corrected chi connectivity index (χ1v) is 6.00. The standard InChI is InChI=1S/C13H17N3O3/c1-17-8-7-14-13-15-12(16-19-13)9-10-3-5-11(18-2)6-4-10/h3-6H,7-9H2,1-2H3,(H,14,15,16). The van der Waals surface area contributed by atoms with Gasteiger partial charge in [0.15, 0.2) is 5.82 Å². The van der Waals surface area contributed by atoms with Crippen molar-refractivity contribution in [1.29, 1.82) is 0 Å². The highest BCUT2D eigenvalue weighted by Crippen LogP contribution is 2.14. The molecule has 6 nitrogen and oxygen atoms in total.